The quantitative estimate of drug-likeness (QED) is 0.331. The zero-order valence-electron chi connectivity index (χ0n) is 19.0. The number of rotatable bonds is 9. The van der Waals surface area contributed by atoms with Gasteiger partial charge in [0.05, 0.1) is 35.3 Å². The van der Waals surface area contributed by atoms with Crippen LogP contribution in [0.15, 0.2) is 51.6 Å². The molecule has 10 nitrogen and oxygen atoms in total. The molecule has 0 fully saturated rings. The highest BCUT2D eigenvalue weighted by atomic mass is 32.2. The van der Waals surface area contributed by atoms with E-state index in [9.17, 15) is 19.7 Å². The summed E-state index contributed by atoms with van der Waals surface area (Å²) in [6, 6.07) is 5.45. The Balaban J connectivity index is 1.97. The molecule has 1 amide bonds. The predicted octanol–water partition coefficient (Wildman–Crippen LogP) is 2.80. The van der Waals surface area contributed by atoms with Crippen molar-refractivity contribution in [2.45, 2.75) is 26.3 Å². The summed E-state index contributed by atoms with van der Waals surface area (Å²) in [7, 11) is 3.85. The van der Waals surface area contributed by atoms with E-state index >= 15 is 0 Å². The first-order chi connectivity index (χ1) is 15.7. The lowest BCUT2D eigenvalue weighted by molar-refractivity contribution is -0.384. The summed E-state index contributed by atoms with van der Waals surface area (Å²) < 4.78 is 5.28. The number of benzene rings is 1. The van der Waals surface area contributed by atoms with Crippen molar-refractivity contribution in [3.8, 4) is 0 Å². The average Bonchev–Trinajstić information content (AvgIpc) is 3.14. The van der Waals surface area contributed by atoms with E-state index < -0.39 is 16.9 Å². The Morgan fingerprint density at radius 1 is 1.36 bits per heavy atom. The number of nitrogens with zero attached hydrogens (tertiary/aromatic N) is 4. The van der Waals surface area contributed by atoms with Crippen molar-refractivity contribution < 1.29 is 19.2 Å². The second-order valence-electron chi connectivity index (χ2n) is 7.80. The molecule has 11 heteroatoms. The number of aliphatic imine (C=N–C) groups is 1. The number of nitro benzene ring substituents is 1. The topological polar surface area (TPSA) is 117 Å². The molecule has 3 rings (SSSR count). The number of non-ortho nitro benzene ring substituents is 1. The molecule has 0 saturated carbocycles. The first-order valence-corrected chi connectivity index (χ1v) is 11.4. The first kappa shape index (κ1) is 24.5. The van der Waals surface area contributed by atoms with Gasteiger partial charge < -0.3 is 19.9 Å². The summed E-state index contributed by atoms with van der Waals surface area (Å²) in [5, 5.41) is 16.7. The maximum Gasteiger partial charge on any atom is 0.338 e. The summed E-state index contributed by atoms with van der Waals surface area (Å²) in [6.07, 6.45) is 0.0834. The summed E-state index contributed by atoms with van der Waals surface area (Å²) in [4.78, 5) is 44.8. The third-order valence-electron chi connectivity index (χ3n) is 5.12. The van der Waals surface area contributed by atoms with Crippen LogP contribution in [0.2, 0.25) is 0 Å². The number of allylic oxidation sites excluding steroid dienone is 1. The number of carbonyl (C=O) groups is 2. The second-order valence-corrected chi connectivity index (χ2v) is 8.63. The van der Waals surface area contributed by atoms with E-state index in [4.69, 9.17) is 4.74 Å². The summed E-state index contributed by atoms with van der Waals surface area (Å²) in [5.74, 6) is -0.701. The molecule has 1 aromatic rings. The Bertz CT molecular complexity index is 1050. The van der Waals surface area contributed by atoms with Gasteiger partial charge in [-0.1, -0.05) is 23.9 Å². The minimum Gasteiger partial charge on any atom is -0.463 e. The smallest absolute Gasteiger partial charge is 0.338 e. The highest BCUT2D eigenvalue weighted by molar-refractivity contribution is 8.16. The highest BCUT2D eigenvalue weighted by Crippen LogP contribution is 2.45. The van der Waals surface area contributed by atoms with Gasteiger partial charge in [-0.3, -0.25) is 14.9 Å². The van der Waals surface area contributed by atoms with Crippen molar-refractivity contribution in [1.82, 2.24) is 15.1 Å². The Morgan fingerprint density at radius 2 is 2.12 bits per heavy atom. The monoisotopic (exact) mass is 473 g/mol. The number of nitrogens with one attached hydrogen (secondary N) is 1. The number of esters is 1. The molecular formula is C22H27N5O5S. The number of amides is 1. The Morgan fingerprint density at radius 3 is 2.79 bits per heavy atom. The molecule has 0 spiro atoms. The van der Waals surface area contributed by atoms with Crippen LogP contribution < -0.4 is 5.32 Å². The summed E-state index contributed by atoms with van der Waals surface area (Å²) in [5.41, 5.74) is 1.89. The second kappa shape index (κ2) is 10.6. The van der Waals surface area contributed by atoms with Crippen LogP contribution in [0, 0.1) is 10.1 Å². The number of hydrogen-bond donors (Lipinski definition) is 1. The molecule has 176 valence electrons. The lowest BCUT2D eigenvalue weighted by Gasteiger charge is -2.36. The van der Waals surface area contributed by atoms with E-state index in [0.717, 1.165) is 0 Å². The van der Waals surface area contributed by atoms with Crippen LogP contribution in [0.5, 0.6) is 0 Å². The standard InChI is InChI=1S/C22H27N5O5S/c1-5-32-21(29)19-14(2)24-22-26(20(19)15-7-6-8-16(11-15)27(30)31)17(13-33-22)12-18(28)23-9-10-25(3)4/h6-8,11,13,20H,5,9-10,12H2,1-4H3,(H,23,28)/t20-/m0/s1. The van der Waals surface area contributed by atoms with Gasteiger partial charge in [-0.05, 0) is 38.9 Å². The lowest BCUT2D eigenvalue weighted by atomic mass is 9.93. The molecule has 2 aliphatic rings. The minimum absolute atomic E-state index is 0.0834. The van der Waals surface area contributed by atoms with Gasteiger partial charge in [0.1, 0.15) is 0 Å². The molecule has 0 aliphatic carbocycles. The molecular weight excluding hydrogens is 446 g/mol. The number of fused-ring (bicyclic) bond motifs is 1. The van der Waals surface area contributed by atoms with Crippen LogP contribution in [0.4, 0.5) is 5.69 Å². The van der Waals surface area contributed by atoms with E-state index in [2.05, 4.69) is 10.3 Å². The van der Waals surface area contributed by atoms with Gasteiger partial charge in [-0.2, -0.15) is 0 Å². The maximum absolute atomic E-state index is 12.9. The predicted molar refractivity (Wildman–Crippen MR) is 126 cm³/mol. The van der Waals surface area contributed by atoms with Gasteiger partial charge in [-0.25, -0.2) is 9.79 Å². The van der Waals surface area contributed by atoms with Gasteiger partial charge in [-0.15, -0.1) is 0 Å². The van der Waals surface area contributed by atoms with Crippen molar-refractivity contribution in [2.75, 3.05) is 33.8 Å². The molecule has 0 bridgehead atoms. The van der Waals surface area contributed by atoms with Crippen LogP contribution in [0.25, 0.3) is 0 Å². The zero-order chi connectivity index (χ0) is 24.1. The van der Waals surface area contributed by atoms with Crippen molar-refractivity contribution in [3.05, 3.63) is 62.3 Å². The van der Waals surface area contributed by atoms with E-state index in [1.165, 1.54) is 23.9 Å². The van der Waals surface area contributed by atoms with Crippen LogP contribution in [0.1, 0.15) is 31.9 Å². The van der Waals surface area contributed by atoms with Gasteiger partial charge in [0.15, 0.2) is 5.17 Å². The van der Waals surface area contributed by atoms with Crippen LogP contribution in [-0.4, -0.2) is 65.6 Å². The molecule has 1 aromatic carbocycles. The molecule has 2 aliphatic heterocycles. The fourth-order valence-electron chi connectivity index (χ4n) is 3.61. The van der Waals surface area contributed by atoms with E-state index in [1.807, 2.05) is 24.4 Å². The van der Waals surface area contributed by atoms with Crippen LogP contribution in [0.3, 0.4) is 0 Å². The van der Waals surface area contributed by atoms with E-state index in [1.54, 1.807) is 30.9 Å². The number of nitro groups is 1. The van der Waals surface area contributed by atoms with Crippen molar-refractivity contribution in [3.63, 3.8) is 0 Å². The molecule has 1 atom stereocenters. The maximum atomic E-state index is 12.9. The fourth-order valence-corrected chi connectivity index (χ4v) is 4.57. The SMILES string of the molecule is CCOC(=O)C1=C(C)N=C2SC=C(CC(=O)NCCN(C)C)N2[C@H]1c1cccc([N+](=O)[O-])c1. The normalized spacial score (nSPS) is 17.5. The van der Waals surface area contributed by atoms with Crippen LogP contribution >= 0.6 is 11.8 Å². The molecule has 1 N–H and O–H groups in total. The van der Waals surface area contributed by atoms with Crippen LogP contribution in [-0.2, 0) is 14.3 Å². The molecule has 2 heterocycles. The molecule has 33 heavy (non-hydrogen) atoms. The number of thioether (sulfide) groups is 1. The molecule has 0 aromatic heterocycles. The fraction of sp³-hybridized carbons (Fsp3) is 0.409. The number of ether oxygens (including phenoxy) is 1. The Labute approximate surface area is 196 Å². The summed E-state index contributed by atoms with van der Waals surface area (Å²) in [6.45, 7) is 4.83. The van der Waals surface area contributed by atoms with Crippen molar-refractivity contribution in [2.24, 2.45) is 4.99 Å². The average molecular weight is 474 g/mol. The number of carbonyl (C=O) groups excluding carboxylic acids is 2. The summed E-state index contributed by atoms with van der Waals surface area (Å²) >= 11 is 1.35. The lowest BCUT2D eigenvalue weighted by Crippen LogP contribution is -2.38. The van der Waals surface area contributed by atoms with Gasteiger partial charge >= 0.3 is 5.97 Å². The third-order valence-corrected chi connectivity index (χ3v) is 6.00. The largest absolute Gasteiger partial charge is 0.463 e. The molecule has 0 radical (unpaired) electrons. The van der Waals surface area contributed by atoms with Crippen molar-refractivity contribution >= 4 is 34.5 Å². The zero-order valence-corrected chi connectivity index (χ0v) is 19.8. The van der Waals surface area contributed by atoms with Gasteiger partial charge in [0.25, 0.3) is 5.69 Å². The van der Waals surface area contributed by atoms with Crippen molar-refractivity contribution in [1.29, 1.82) is 0 Å². The highest BCUT2D eigenvalue weighted by Gasteiger charge is 2.41. The van der Waals surface area contributed by atoms with E-state index in [-0.39, 0.29) is 24.6 Å². The number of likely N-dealkylation sites (N-methyl/N-ethyl adjacent to an activating group) is 1. The number of hydrogen-bond acceptors (Lipinski definition) is 9. The molecule has 0 saturated heterocycles. The van der Waals surface area contributed by atoms with Gasteiger partial charge in [0, 0.05) is 30.9 Å². The third kappa shape index (κ3) is 5.60. The van der Waals surface area contributed by atoms with E-state index in [0.29, 0.717) is 40.8 Å². The Hall–Kier alpha value is -3.18. The number of amidine groups is 1. The molecule has 0 unspecified atom stereocenters. The Kier molecular flexibility index (Phi) is 7.88. The minimum atomic E-state index is -0.702. The first-order valence-electron chi connectivity index (χ1n) is 10.5. The van der Waals surface area contributed by atoms with Gasteiger partial charge in [0.2, 0.25) is 5.91 Å².